The second-order valence-corrected chi connectivity index (χ2v) is 5.99. The average Bonchev–Trinajstić information content (AvgIpc) is 3.03. The predicted octanol–water partition coefficient (Wildman–Crippen LogP) is 3.09. The van der Waals surface area contributed by atoms with Crippen molar-refractivity contribution in [1.29, 1.82) is 0 Å². The van der Waals surface area contributed by atoms with Crippen molar-refractivity contribution in [3.8, 4) is 0 Å². The van der Waals surface area contributed by atoms with E-state index < -0.39 is 0 Å². The molecule has 1 fully saturated rings. The molecule has 0 aliphatic heterocycles. The molecule has 1 aromatic carbocycles. The molecule has 4 heteroatoms. The number of benzene rings is 1. The molecule has 1 heterocycles. The van der Waals surface area contributed by atoms with Crippen LogP contribution in [0.1, 0.15) is 48.9 Å². The van der Waals surface area contributed by atoms with E-state index in [1.807, 2.05) is 6.07 Å². The van der Waals surface area contributed by atoms with Gasteiger partial charge in [-0.05, 0) is 50.1 Å². The summed E-state index contributed by atoms with van der Waals surface area (Å²) in [5.41, 5.74) is 7.05. The number of nitrogens with zero attached hydrogens (tertiary/aromatic N) is 2. The molecule has 0 atom stereocenters. The third-order valence-corrected chi connectivity index (χ3v) is 4.49. The third kappa shape index (κ3) is 3.70. The largest absolute Gasteiger partial charge is 0.339 e. The zero-order chi connectivity index (χ0) is 14.5. The van der Waals surface area contributed by atoms with Gasteiger partial charge < -0.3 is 10.3 Å². The van der Waals surface area contributed by atoms with Gasteiger partial charge in [0.25, 0.3) is 0 Å². The summed E-state index contributed by atoms with van der Waals surface area (Å²) in [5, 5.41) is 4.13. The summed E-state index contributed by atoms with van der Waals surface area (Å²) in [5.74, 6) is 2.77. The number of nitrogens with two attached hydrogens (primary N) is 1. The Kier molecular flexibility index (Phi) is 4.65. The fourth-order valence-corrected chi connectivity index (χ4v) is 3.08. The predicted molar refractivity (Wildman–Crippen MR) is 81.9 cm³/mol. The summed E-state index contributed by atoms with van der Waals surface area (Å²) >= 11 is 0. The van der Waals surface area contributed by atoms with E-state index in [2.05, 4.69) is 34.4 Å². The molecule has 0 unspecified atom stereocenters. The molecule has 1 aliphatic carbocycles. The maximum absolute atomic E-state index is 5.73. The van der Waals surface area contributed by atoms with E-state index in [0.717, 1.165) is 43.9 Å². The molecule has 112 valence electrons. The summed E-state index contributed by atoms with van der Waals surface area (Å²) in [6, 6.07) is 10.4. The molecule has 0 bridgehead atoms. The summed E-state index contributed by atoms with van der Waals surface area (Å²) in [6.07, 6.45) is 6.42. The Hall–Kier alpha value is -1.68. The van der Waals surface area contributed by atoms with Gasteiger partial charge in [0.15, 0.2) is 5.82 Å². The lowest BCUT2D eigenvalue weighted by molar-refractivity contribution is 0.274. The maximum atomic E-state index is 5.73. The second-order valence-electron chi connectivity index (χ2n) is 5.99. The first-order chi connectivity index (χ1) is 10.3. The van der Waals surface area contributed by atoms with Gasteiger partial charge in [0.2, 0.25) is 5.89 Å². The number of aryl methyl sites for hydroxylation is 2. The van der Waals surface area contributed by atoms with Crippen molar-refractivity contribution in [2.45, 2.75) is 44.4 Å². The van der Waals surface area contributed by atoms with Crippen molar-refractivity contribution in [3.63, 3.8) is 0 Å². The standard InChI is InChI=1S/C17H23N3O/c18-12-14-6-9-15(10-7-14)17-19-16(20-21-17)11-8-13-4-2-1-3-5-13/h1-5,14-15H,6-12,18H2. The molecule has 2 aromatic rings. The van der Waals surface area contributed by atoms with E-state index in [1.165, 1.54) is 18.4 Å². The smallest absolute Gasteiger partial charge is 0.229 e. The molecule has 2 N–H and O–H groups in total. The van der Waals surface area contributed by atoms with Crippen LogP contribution >= 0.6 is 0 Å². The van der Waals surface area contributed by atoms with Gasteiger partial charge in [0, 0.05) is 12.3 Å². The molecule has 1 aromatic heterocycles. The third-order valence-electron chi connectivity index (χ3n) is 4.49. The van der Waals surface area contributed by atoms with Crippen LogP contribution < -0.4 is 5.73 Å². The topological polar surface area (TPSA) is 64.9 Å². The lowest BCUT2D eigenvalue weighted by Gasteiger charge is -2.24. The fraction of sp³-hybridized carbons (Fsp3) is 0.529. The van der Waals surface area contributed by atoms with Crippen molar-refractivity contribution < 1.29 is 4.52 Å². The molecule has 0 spiro atoms. The lowest BCUT2D eigenvalue weighted by atomic mass is 9.82. The highest BCUT2D eigenvalue weighted by atomic mass is 16.5. The van der Waals surface area contributed by atoms with Crippen LogP contribution in [-0.4, -0.2) is 16.7 Å². The Morgan fingerprint density at radius 2 is 1.81 bits per heavy atom. The molecular formula is C17H23N3O. The Balaban J connectivity index is 1.54. The first-order valence-corrected chi connectivity index (χ1v) is 7.91. The van der Waals surface area contributed by atoms with Gasteiger partial charge in [-0.25, -0.2) is 0 Å². The van der Waals surface area contributed by atoms with Gasteiger partial charge in [0.05, 0.1) is 0 Å². The zero-order valence-corrected chi connectivity index (χ0v) is 12.4. The molecule has 4 nitrogen and oxygen atoms in total. The number of rotatable bonds is 5. The highest BCUT2D eigenvalue weighted by molar-refractivity contribution is 5.15. The summed E-state index contributed by atoms with van der Waals surface area (Å²) < 4.78 is 5.47. The monoisotopic (exact) mass is 285 g/mol. The zero-order valence-electron chi connectivity index (χ0n) is 12.4. The van der Waals surface area contributed by atoms with Crippen molar-refractivity contribution >= 4 is 0 Å². The van der Waals surface area contributed by atoms with Crippen LogP contribution in [0.4, 0.5) is 0 Å². The van der Waals surface area contributed by atoms with E-state index in [0.29, 0.717) is 11.8 Å². The lowest BCUT2D eigenvalue weighted by Crippen LogP contribution is -2.20. The Morgan fingerprint density at radius 1 is 1.05 bits per heavy atom. The van der Waals surface area contributed by atoms with Crippen LogP contribution in [0.25, 0.3) is 0 Å². The molecular weight excluding hydrogens is 262 g/mol. The molecule has 21 heavy (non-hydrogen) atoms. The first kappa shape index (κ1) is 14.3. The van der Waals surface area contributed by atoms with Crippen molar-refractivity contribution in [1.82, 2.24) is 10.1 Å². The summed E-state index contributed by atoms with van der Waals surface area (Å²) in [6.45, 7) is 0.804. The van der Waals surface area contributed by atoms with Crippen LogP contribution in [0.3, 0.4) is 0 Å². The van der Waals surface area contributed by atoms with Crippen LogP contribution in [0.2, 0.25) is 0 Å². The van der Waals surface area contributed by atoms with Gasteiger partial charge in [-0.2, -0.15) is 4.98 Å². The van der Waals surface area contributed by atoms with E-state index in [-0.39, 0.29) is 0 Å². The minimum atomic E-state index is 0.436. The van der Waals surface area contributed by atoms with Crippen LogP contribution in [0, 0.1) is 5.92 Å². The van der Waals surface area contributed by atoms with Crippen LogP contribution in [-0.2, 0) is 12.8 Å². The maximum Gasteiger partial charge on any atom is 0.229 e. The number of aromatic nitrogens is 2. The number of hydrogen-bond acceptors (Lipinski definition) is 4. The number of hydrogen-bond donors (Lipinski definition) is 1. The van der Waals surface area contributed by atoms with Gasteiger partial charge in [-0.15, -0.1) is 0 Å². The summed E-state index contributed by atoms with van der Waals surface area (Å²) in [7, 11) is 0. The quantitative estimate of drug-likeness (QED) is 0.916. The summed E-state index contributed by atoms with van der Waals surface area (Å²) in [4.78, 5) is 4.59. The van der Waals surface area contributed by atoms with Crippen LogP contribution in [0.5, 0.6) is 0 Å². The minimum Gasteiger partial charge on any atom is -0.339 e. The molecule has 0 amide bonds. The van der Waals surface area contributed by atoms with E-state index >= 15 is 0 Å². The van der Waals surface area contributed by atoms with Gasteiger partial charge >= 0.3 is 0 Å². The highest BCUT2D eigenvalue weighted by Gasteiger charge is 2.25. The Labute approximate surface area is 125 Å². The first-order valence-electron chi connectivity index (χ1n) is 7.91. The van der Waals surface area contributed by atoms with Gasteiger partial charge in [-0.1, -0.05) is 35.5 Å². The Morgan fingerprint density at radius 3 is 2.52 bits per heavy atom. The van der Waals surface area contributed by atoms with Gasteiger partial charge in [-0.3, -0.25) is 0 Å². The van der Waals surface area contributed by atoms with E-state index in [9.17, 15) is 0 Å². The van der Waals surface area contributed by atoms with Crippen LogP contribution in [0.15, 0.2) is 34.9 Å². The molecule has 0 saturated heterocycles. The second kappa shape index (κ2) is 6.85. The Bertz CT molecular complexity index is 544. The van der Waals surface area contributed by atoms with Crippen molar-refractivity contribution in [2.75, 3.05) is 6.54 Å². The van der Waals surface area contributed by atoms with E-state index in [1.54, 1.807) is 0 Å². The van der Waals surface area contributed by atoms with Crippen molar-refractivity contribution in [2.24, 2.45) is 11.7 Å². The molecule has 1 aliphatic rings. The molecule has 0 radical (unpaired) electrons. The molecule has 1 saturated carbocycles. The highest BCUT2D eigenvalue weighted by Crippen LogP contribution is 2.34. The molecule has 3 rings (SSSR count). The van der Waals surface area contributed by atoms with Gasteiger partial charge in [0.1, 0.15) is 0 Å². The fourth-order valence-electron chi connectivity index (χ4n) is 3.08. The SMILES string of the molecule is NCC1CCC(c2nc(CCc3ccccc3)no2)CC1. The van der Waals surface area contributed by atoms with E-state index in [4.69, 9.17) is 10.3 Å². The average molecular weight is 285 g/mol. The normalized spacial score (nSPS) is 22.3. The minimum absolute atomic E-state index is 0.436. The van der Waals surface area contributed by atoms with Crippen molar-refractivity contribution in [3.05, 3.63) is 47.6 Å².